The van der Waals surface area contributed by atoms with Crippen LogP contribution in [-0.4, -0.2) is 35.4 Å². The Labute approximate surface area is 121 Å². The molecule has 112 valence electrons. The summed E-state index contributed by atoms with van der Waals surface area (Å²) >= 11 is 4.35. The lowest BCUT2D eigenvalue weighted by molar-refractivity contribution is -0.121. The van der Waals surface area contributed by atoms with Gasteiger partial charge < -0.3 is 15.4 Å². The second-order valence-corrected chi connectivity index (χ2v) is 7.30. The van der Waals surface area contributed by atoms with Crippen molar-refractivity contribution in [3.63, 3.8) is 0 Å². The summed E-state index contributed by atoms with van der Waals surface area (Å²) in [5, 5.41) is 5.31. The molecule has 0 aliphatic carbocycles. The molecule has 2 N–H and O–H groups in total. The highest BCUT2D eigenvalue weighted by atomic mass is 32.1. The highest BCUT2D eigenvalue weighted by Crippen LogP contribution is 2.18. The van der Waals surface area contributed by atoms with Crippen molar-refractivity contribution in [3.05, 3.63) is 0 Å². The number of ether oxygens (including phenoxy) is 1. The van der Waals surface area contributed by atoms with Crippen LogP contribution in [0.25, 0.3) is 0 Å². The largest absolute Gasteiger partial charge is 0.444 e. The molecule has 6 heteroatoms. The molecule has 19 heavy (non-hydrogen) atoms. The number of hydrogen-bond donors (Lipinski definition) is 3. The zero-order chi connectivity index (χ0) is 15.1. The molecular weight excluding hydrogens is 264 g/mol. The fourth-order valence-corrected chi connectivity index (χ4v) is 1.30. The molecule has 0 spiro atoms. The lowest BCUT2D eigenvalue weighted by Crippen LogP contribution is -2.38. The molecule has 0 saturated heterocycles. The summed E-state index contributed by atoms with van der Waals surface area (Å²) in [6.45, 7) is 10.1. The Kier molecular flexibility index (Phi) is 7.26. The topological polar surface area (TPSA) is 67.4 Å². The second kappa shape index (κ2) is 7.62. The van der Waals surface area contributed by atoms with Crippen molar-refractivity contribution in [1.82, 2.24) is 10.6 Å². The van der Waals surface area contributed by atoms with Crippen molar-refractivity contribution in [2.75, 3.05) is 13.1 Å². The van der Waals surface area contributed by atoms with Gasteiger partial charge in [-0.2, -0.15) is 12.6 Å². The van der Waals surface area contributed by atoms with Crippen LogP contribution in [0.15, 0.2) is 0 Å². The molecular formula is C13H26N2O3S. The van der Waals surface area contributed by atoms with Gasteiger partial charge in [0, 0.05) is 24.3 Å². The zero-order valence-electron chi connectivity index (χ0n) is 12.5. The van der Waals surface area contributed by atoms with Gasteiger partial charge >= 0.3 is 6.09 Å². The Morgan fingerprint density at radius 3 is 2.05 bits per heavy atom. The molecule has 2 amide bonds. The van der Waals surface area contributed by atoms with E-state index in [-0.39, 0.29) is 10.7 Å². The van der Waals surface area contributed by atoms with Crippen LogP contribution in [-0.2, 0) is 9.53 Å². The van der Waals surface area contributed by atoms with Gasteiger partial charge in [-0.15, -0.1) is 0 Å². The molecule has 0 aliphatic heterocycles. The molecule has 0 aromatic carbocycles. The molecule has 0 heterocycles. The summed E-state index contributed by atoms with van der Waals surface area (Å²) in [5.41, 5.74) is -0.508. The number of carbonyl (C=O) groups excluding carboxylic acids is 2. The lowest BCUT2D eigenvalue weighted by atomic mass is 10.1. The third-order valence-electron chi connectivity index (χ3n) is 2.08. The van der Waals surface area contributed by atoms with Crippen LogP contribution < -0.4 is 10.6 Å². The molecule has 0 atom stereocenters. The predicted molar refractivity (Wildman–Crippen MR) is 79.5 cm³/mol. The van der Waals surface area contributed by atoms with Crippen molar-refractivity contribution in [1.29, 1.82) is 0 Å². The first-order valence-corrected chi connectivity index (χ1v) is 6.90. The molecule has 0 bridgehead atoms. The van der Waals surface area contributed by atoms with E-state index in [0.29, 0.717) is 25.9 Å². The lowest BCUT2D eigenvalue weighted by Gasteiger charge is -2.19. The summed E-state index contributed by atoms with van der Waals surface area (Å²) in [5.74, 6) is -0.0342. The number of amides is 2. The van der Waals surface area contributed by atoms with E-state index < -0.39 is 11.7 Å². The SMILES string of the molecule is CC(C)(S)CCC(=O)NCCNC(=O)OC(C)(C)C. The number of carbonyl (C=O) groups is 2. The van der Waals surface area contributed by atoms with Crippen LogP contribution in [0.5, 0.6) is 0 Å². The summed E-state index contributed by atoms with van der Waals surface area (Å²) in [4.78, 5) is 22.8. The average molecular weight is 290 g/mol. The Morgan fingerprint density at radius 1 is 1.05 bits per heavy atom. The maximum Gasteiger partial charge on any atom is 0.407 e. The normalized spacial score (nSPS) is 11.9. The summed E-state index contributed by atoms with van der Waals surface area (Å²) in [6, 6.07) is 0. The van der Waals surface area contributed by atoms with Gasteiger partial charge in [0.1, 0.15) is 5.60 Å². The first kappa shape index (κ1) is 18.1. The number of hydrogen-bond acceptors (Lipinski definition) is 4. The maximum absolute atomic E-state index is 11.5. The minimum absolute atomic E-state index is 0.0342. The summed E-state index contributed by atoms with van der Waals surface area (Å²) in [7, 11) is 0. The number of alkyl carbamates (subject to hydrolysis) is 1. The van der Waals surface area contributed by atoms with Gasteiger partial charge in [-0.1, -0.05) is 13.8 Å². The molecule has 0 aromatic rings. The minimum Gasteiger partial charge on any atom is -0.444 e. The van der Waals surface area contributed by atoms with E-state index in [2.05, 4.69) is 23.3 Å². The van der Waals surface area contributed by atoms with Crippen LogP contribution in [0.2, 0.25) is 0 Å². The number of thiol groups is 1. The van der Waals surface area contributed by atoms with Gasteiger partial charge in [-0.25, -0.2) is 4.79 Å². The van der Waals surface area contributed by atoms with Crippen molar-refractivity contribution < 1.29 is 14.3 Å². The van der Waals surface area contributed by atoms with E-state index in [9.17, 15) is 9.59 Å². The van der Waals surface area contributed by atoms with E-state index >= 15 is 0 Å². The van der Waals surface area contributed by atoms with Gasteiger partial charge in [0.2, 0.25) is 5.91 Å². The Hall–Kier alpha value is -0.910. The Morgan fingerprint density at radius 2 is 1.58 bits per heavy atom. The molecule has 0 fully saturated rings. The van der Waals surface area contributed by atoms with Gasteiger partial charge in [0.25, 0.3) is 0 Å². The smallest absolute Gasteiger partial charge is 0.407 e. The third kappa shape index (κ3) is 13.3. The quantitative estimate of drug-likeness (QED) is 0.518. The summed E-state index contributed by atoms with van der Waals surface area (Å²) < 4.78 is 4.92. The van der Waals surface area contributed by atoms with Crippen molar-refractivity contribution in [2.45, 2.75) is 57.8 Å². The Balaban J connectivity index is 3.64. The van der Waals surface area contributed by atoms with E-state index in [4.69, 9.17) is 4.74 Å². The Bertz CT molecular complexity index is 306. The molecule has 0 radical (unpaired) electrons. The third-order valence-corrected chi connectivity index (χ3v) is 2.30. The molecule has 0 unspecified atom stereocenters. The minimum atomic E-state index is -0.508. The summed E-state index contributed by atoms with van der Waals surface area (Å²) in [6.07, 6.45) is 0.669. The van der Waals surface area contributed by atoms with Crippen molar-refractivity contribution >= 4 is 24.6 Å². The fourth-order valence-electron chi connectivity index (χ4n) is 1.19. The van der Waals surface area contributed by atoms with Crippen molar-refractivity contribution in [2.24, 2.45) is 0 Å². The highest BCUT2D eigenvalue weighted by molar-refractivity contribution is 7.81. The van der Waals surface area contributed by atoms with Crippen LogP contribution in [0.1, 0.15) is 47.5 Å². The van der Waals surface area contributed by atoms with E-state index in [0.717, 1.165) is 0 Å². The van der Waals surface area contributed by atoms with Gasteiger partial charge in [-0.05, 0) is 27.2 Å². The average Bonchev–Trinajstić information content (AvgIpc) is 2.18. The van der Waals surface area contributed by atoms with Crippen LogP contribution in [0.4, 0.5) is 4.79 Å². The van der Waals surface area contributed by atoms with Gasteiger partial charge in [0.05, 0.1) is 0 Å². The van der Waals surface area contributed by atoms with Crippen LogP contribution >= 0.6 is 12.6 Å². The zero-order valence-corrected chi connectivity index (χ0v) is 13.4. The monoisotopic (exact) mass is 290 g/mol. The van der Waals surface area contributed by atoms with Gasteiger partial charge in [-0.3, -0.25) is 4.79 Å². The molecule has 0 saturated carbocycles. The van der Waals surface area contributed by atoms with Crippen LogP contribution in [0.3, 0.4) is 0 Å². The maximum atomic E-state index is 11.5. The van der Waals surface area contributed by atoms with E-state index in [1.807, 2.05) is 13.8 Å². The fraction of sp³-hybridized carbons (Fsp3) is 0.846. The molecule has 0 rings (SSSR count). The predicted octanol–water partition coefficient (Wildman–Crippen LogP) is 2.12. The highest BCUT2D eigenvalue weighted by Gasteiger charge is 2.16. The van der Waals surface area contributed by atoms with E-state index in [1.165, 1.54) is 0 Å². The van der Waals surface area contributed by atoms with E-state index in [1.54, 1.807) is 20.8 Å². The number of nitrogens with one attached hydrogen (secondary N) is 2. The van der Waals surface area contributed by atoms with Crippen molar-refractivity contribution in [3.8, 4) is 0 Å². The van der Waals surface area contributed by atoms with Gasteiger partial charge in [0.15, 0.2) is 0 Å². The standard InChI is InChI=1S/C13H26N2O3S/c1-12(2,3)18-11(17)15-9-8-14-10(16)6-7-13(4,5)19/h19H,6-9H2,1-5H3,(H,14,16)(H,15,17). The molecule has 5 nitrogen and oxygen atoms in total. The number of rotatable bonds is 6. The van der Waals surface area contributed by atoms with Crippen LogP contribution in [0, 0.1) is 0 Å². The molecule has 0 aliphatic rings. The first-order chi connectivity index (χ1) is 8.49. The molecule has 0 aromatic heterocycles. The first-order valence-electron chi connectivity index (χ1n) is 6.45. The second-order valence-electron chi connectivity index (χ2n) is 6.09.